The minimum atomic E-state index is -3.21. The highest BCUT2D eigenvalue weighted by Gasteiger charge is 2.52. The average Bonchev–Trinajstić information content (AvgIpc) is 2.52. The molecule has 3 aliphatic rings. The third-order valence-corrected chi connectivity index (χ3v) is 7.77. The zero-order valence-electron chi connectivity index (χ0n) is 14.2. The number of piperazine rings is 1. The van der Waals surface area contributed by atoms with E-state index in [0.717, 1.165) is 0 Å². The van der Waals surface area contributed by atoms with Crippen LogP contribution < -0.4 is 5.73 Å². The van der Waals surface area contributed by atoms with Crippen LogP contribution in [0.4, 0.5) is 0 Å². The third kappa shape index (κ3) is 3.31. The van der Waals surface area contributed by atoms with E-state index in [1.54, 1.807) is 0 Å². The normalized spacial score (nSPS) is 30.0. The summed E-state index contributed by atoms with van der Waals surface area (Å²) in [5, 5.41) is 9.30. The van der Waals surface area contributed by atoms with Crippen molar-refractivity contribution in [1.29, 1.82) is 0 Å². The first-order valence-corrected chi connectivity index (χ1v) is 10.9. The topological polar surface area (TPSA) is 121 Å². The van der Waals surface area contributed by atoms with E-state index < -0.39 is 22.0 Å². The van der Waals surface area contributed by atoms with Crippen molar-refractivity contribution >= 4 is 33.7 Å². The predicted octanol–water partition coefficient (Wildman–Crippen LogP) is -1.71. The summed E-state index contributed by atoms with van der Waals surface area (Å²) in [6.07, 6.45) is 1.20. The molecule has 1 amide bonds. The molecular weight excluding hydrogens is 368 g/mol. The lowest BCUT2D eigenvalue weighted by molar-refractivity contribution is -0.908. The molecule has 2 atom stereocenters. The van der Waals surface area contributed by atoms with Crippen molar-refractivity contribution in [3.05, 3.63) is 11.3 Å². The molecular formula is C14H23N4O5S2+. The molecule has 2 saturated heterocycles. The molecule has 3 N–H and O–H groups in total. The van der Waals surface area contributed by atoms with Crippen LogP contribution in [0.2, 0.25) is 0 Å². The van der Waals surface area contributed by atoms with Crippen LogP contribution in [0.3, 0.4) is 0 Å². The van der Waals surface area contributed by atoms with Gasteiger partial charge in [-0.2, -0.15) is 4.31 Å². The molecule has 0 aliphatic carbocycles. The Balaban J connectivity index is 1.79. The number of fused-ring (bicyclic) bond motifs is 1. The molecule has 2 unspecified atom stereocenters. The van der Waals surface area contributed by atoms with Crippen molar-refractivity contribution in [3.8, 4) is 0 Å². The maximum atomic E-state index is 12.0. The lowest BCUT2D eigenvalue weighted by Gasteiger charge is -2.49. The van der Waals surface area contributed by atoms with Gasteiger partial charge in [0.2, 0.25) is 15.9 Å². The molecule has 2 fully saturated rings. The van der Waals surface area contributed by atoms with E-state index in [4.69, 9.17) is 5.73 Å². The summed E-state index contributed by atoms with van der Waals surface area (Å²) in [6, 6.07) is -0.635. The number of nitrogens with zero attached hydrogens (tertiary/aromatic N) is 3. The van der Waals surface area contributed by atoms with Gasteiger partial charge in [0.15, 0.2) is 0 Å². The van der Waals surface area contributed by atoms with Crippen LogP contribution >= 0.6 is 11.8 Å². The number of amides is 1. The molecule has 3 aliphatic heterocycles. The zero-order chi connectivity index (χ0) is 18.6. The Morgan fingerprint density at radius 2 is 2.00 bits per heavy atom. The minimum Gasteiger partial charge on any atom is -0.477 e. The molecule has 0 radical (unpaired) electrons. The Labute approximate surface area is 151 Å². The first kappa shape index (κ1) is 18.6. The number of β-lactam (4-membered cyclic amide) rings is 1. The standard InChI is InChI=1S/C14H22N4O5S2/c1-18(5-3-16(4-6-18)25(2,22)23)7-9-8-24-13-10(15)12(19)17(13)11(9)14(20)21/h10,13H,3-8,15H2,1-2H3/p+1. The Bertz CT molecular complexity index is 742. The second kappa shape index (κ2) is 6.23. The highest BCUT2D eigenvalue weighted by molar-refractivity contribution is 8.00. The number of carbonyl (C=O) groups is 2. The van der Waals surface area contributed by atoms with Gasteiger partial charge in [-0.25, -0.2) is 13.2 Å². The predicted molar refractivity (Wildman–Crippen MR) is 92.9 cm³/mol. The quantitative estimate of drug-likeness (QED) is 0.432. The Kier molecular flexibility index (Phi) is 4.65. The van der Waals surface area contributed by atoms with Crippen LogP contribution in [0.25, 0.3) is 0 Å². The van der Waals surface area contributed by atoms with Crippen molar-refractivity contribution in [2.75, 3.05) is 51.8 Å². The molecule has 0 bridgehead atoms. The van der Waals surface area contributed by atoms with Crippen molar-refractivity contribution in [2.45, 2.75) is 11.4 Å². The van der Waals surface area contributed by atoms with Gasteiger partial charge < -0.3 is 15.3 Å². The number of nitrogens with two attached hydrogens (primary N) is 1. The van der Waals surface area contributed by atoms with Crippen molar-refractivity contribution in [1.82, 2.24) is 9.21 Å². The fourth-order valence-electron chi connectivity index (χ4n) is 3.58. The summed E-state index contributed by atoms with van der Waals surface area (Å²) in [5.74, 6) is -0.938. The molecule has 25 heavy (non-hydrogen) atoms. The molecule has 0 aromatic carbocycles. The summed E-state index contributed by atoms with van der Waals surface area (Å²) < 4.78 is 25.3. The van der Waals surface area contributed by atoms with Gasteiger partial charge in [-0.1, -0.05) is 0 Å². The molecule has 3 heterocycles. The lowest BCUT2D eigenvalue weighted by Crippen LogP contribution is -2.69. The molecule has 0 aromatic rings. The SMILES string of the molecule is C[N+]1(CC2=C(C(=O)O)N3C(=O)C(N)C3SC2)CCN(S(C)(=O)=O)CC1. The summed E-state index contributed by atoms with van der Waals surface area (Å²) >= 11 is 1.49. The Morgan fingerprint density at radius 3 is 2.52 bits per heavy atom. The number of quaternary nitrogens is 1. The molecule has 11 heteroatoms. The van der Waals surface area contributed by atoms with Crippen LogP contribution in [0, 0.1) is 0 Å². The van der Waals surface area contributed by atoms with Crippen molar-refractivity contribution < 1.29 is 27.6 Å². The van der Waals surface area contributed by atoms with Gasteiger partial charge >= 0.3 is 5.97 Å². The maximum absolute atomic E-state index is 12.0. The van der Waals surface area contributed by atoms with E-state index in [1.165, 1.54) is 27.2 Å². The highest BCUT2D eigenvalue weighted by Crippen LogP contribution is 2.40. The fraction of sp³-hybridized carbons (Fsp3) is 0.714. The number of hydrogen-bond donors (Lipinski definition) is 2. The number of carbonyl (C=O) groups excluding carboxylic acids is 1. The van der Waals surface area contributed by atoms with Crippen LogP contribution in [0.15, 0.2) is 11.3 Å². The smallest absolute Gasteiger partial charge is 0.352 e. The molecule has 0 spiro atoms. The van der Waals surface area contributed by atoms with Gasteiger partial charge in [-0.3, -0.25) is 9.69 Å². The van der Waals surface area contributed by atoms with Gasteiger partial charge in [0.25, 0.3) is 0 Å². The van der Waals surface area contributed by atoms with Gasteiger partial charge in [-0.05, 0) is 0 Å². The van der Waals surface area contributed by atoms with Gasteiger partial charge in [-0.15, -0.1) is 11.8 Å². The summed E-state index contributed by atoms with van der Waals surface area (Å²) in [7, 11) is -1.21. The Hall–Kier alpha value is -1.14. The first-order valence-electron chi connectivity index (χ1n) is 7.98. The van der Waals surface area contributed by atoms with E-state index in [1.807, 2.05) is 7.05 Å². The first-order chi connectivity index (χ1) is 11.5. The van der Waals surface area contributed by atoms with Crippen molar-refractivity contribution in [3.63, 3.8) is 0 Å². The van der Waals surface area contributed by atoms with Gasteiger partial charge in [0, 0.05) is 11.3 Å². The average molecular weight is 391 g/mol. The van der Waals surface area contributed by atoms with E-state index in [2.05, 4.69) is 0 Å². The minimum absolute atomic E-state index is 0.0559. The van der Waals surface area contributed by atoms with E-state index in [9.17, 15) is 23.1 Å². The molecule has 0 saturated carbocycles. The number of thioether (sulfide) groups is 1. The number of sulfonamides is 1. The number of carboxylic acids is 1. The van der Waals surface area contributed by atoms with Crippen LogP contribution in [-0.2, 0) is 19.6 Å². The number of likely N-dealkylation sites (N-methyl/N-ethyl adjacent to an activating group) is 1. The monoisotopic (exact) mass is 391 g/mol. The number of aliphatic carboxylic acids is 1. The van der Waals surface area contributed by atoms with E-state index >= 15 is 0 Å². The lowest BCUT2D eigenvalue weighted by atomic mass is 10.0. The summed E-state index contributed by atoms with van der Waals surface area (Å²) in [6.45, 7) is 2.51. The second-order valence-electron chi connectivity index (χ2n) is 7.08. The van der Waals surface area contributed by atoms with Crippen molar-refractivity contribution in [2.24, 2.45) is 5.73 Å². The van der Waals surface area contributed by atoms with Crippen LogP contribution in [0.1, 0.15) is 0 Å². The zero-order valence-corrected chi connectivity index (χ0v) is 15.8. The largest absolute Gasteiger partial charge is 0.477 e. The molecule has 3 rings (SSSR count). The molecule has 9 nitrogen and oxygen atoms in total. The maximum Gasteiger partial charge on any atom is 0.352 e. The number of carboxylic acid groups (broad SMARTS) is 1. The number of hydrogen-bond acceptors (Lipinski definition) is 6. The van der Waals surface area contributed by atoms with Gasteiger partial charge in [0.05, 0.1) is 39.5 Å². The van der Waals surface area contributed by atoms with Crippen LogP contribution in [-0.4, -0.2) is 102 Å². The molecule has 0 aromatic heterocycles. The highest BCUT2D eigenvalue weighted by atomic mass is 32.2. The van der Waals surface area contributed by atoms with E-state index in [0.29, 0.717) is 48.5 Å². The van der Waals surface area contributed by atoms with Gasteiger partial charge in [0.1, 0.15) is 23.7 Å². The second-order valence-corrected chi connectivity index (χ2v) is 10.2. The Morgan fingerprint density at radius 1 is 1.40 bits per heavy atom. The third-order valence-electron chi connectivity index (χ3n) is 5.11. The summed E-state index contributed by atoms with van der Waals surface area (Å²) in [5.41, 5.74) is 6.53. The van der Waals surface area contributed by atoms with Crippen LogP contribution in [0.5, 0.6) is 0 Å². The van der Waals surface area contributed by atoms with E-state index in [-0.39, 0.29) is 17.0 Å². The summed E-state index contributed by atoms with van der Waals surface area (Å²) in [4.78, 5) is 25.0. The molecule has 140 valence electrons. The fourth-order valence-corrected chi connectivity index (χ4v) is 5.69. The number of rotatable bonds is 4.